The van der Waals surface area contributed by atoms with Gasteiger partial charge < -0.3 is 9.47 Å². The van der Waals surface area contributed by atoms with Crippen LogP contribution in [0.15, 0.2) is 18.2 Å². The Kier molecular flexibility index (Phi) is 7.31. The van der Waals surface area contributed by atoms with Gasteiger partial charge in [-0.05, 0) is 24.1 Å². The summed E-state index contributed by atoms with van der Waals surface area (Å²) in [6.07, 6.45) is 4.59. The summed E-state index contributed by atoms with van der Waals surface area (Å²) in [6, 6.07) is 7.28. The van der Waals surface area contributed by atoms with E-state index in [1.165, 1.54) is 7.11 Å². The lowest BCUT2D eigenvalue weighted by Gasteiger charge is -2.12. The van der Waals surface area contributed by atoms with Gasteiger partial charge in [0.25, 0.3) is 0 Å². The van der Waals surface area contributed by atoms with Gasteiger partial charge in [0.2, 0.25) is 0 Å². The molecular weight excluding hydrogens is 266 g/mol. The summed E-state index contributed by atoms with van der Waals surface area (Å²) < 4.78 is 10.4. The summed E-state index contributed by atoms with van der Waals surface area (Å²) in [5.41, 5.74) is 0.663. The Morgan fingerprint density at radius 1 is 1.19 bits per heavy atom. The second-order valence-electron chi connectivity index (χ2n) is 4.95. The summed E-state index contributed by atoms with van der Waals surface area (Å²) in [7, 11) is 3.09. The number of nitriles is 1. The molecule has 114 valence electrons. The molecule has 0 aliphatic rings. The lowest BCUT2D eigenvalue weighted by atomic mass is 9.92. The molecular formula is C17H23NO3. The predicted octanol–water partition coefficient (Wildman–Crippen LogP) is 3.85. The molecule has 1 aromatic carbocycles. The molecule has 1 unspecified atom stereocenters. The van der Waals surface area contributed by atoms with Gasteiger partial charge in [0.1, 0.15) is 5.92 Å². The molecule has 1 atom stereocenters. The highest BCUT2D eigenvalue weighted by atomic mass is 16.5. The molecule has 0 heterocycles. The third-order valence-electron chi connectivity index (χ3n) is 3.47. The number of methoxy groups -OCH3 is 2. The fourth-order valence-electron chi connectivity index (χ4n) is 2.24. The van der Waals surface area contributed by atoms with Crippen LogP contribution in [0.4, 0.5) is 0 Å². The van der Waals surface area contributed by atoms with Crippen LogP contribution in [0.1, 0.15) is 50.5 Å². The van der Waals surface area contributed by atoms with E-state index >= 15 is 0 Å². The Morgan fingerprint density at radius 2 is 1.90 bits per heavy atom. The smallest absolute Gasteiger partial charge is 0.161 e. The van der Waals surface area contributed by atoms with Gasteiger partial charge in [-0.1, -0.05) is 32.3 Å². The van der Waals surface area contributed by atoms with Gasteiger partial charge in [0, 0.05) is 6.42 Å². The van der Waals surface area contributed by atoms with Crippen molar-refractivity contribution in [2.24, 2.45) is 0 Å². The molecule has 4 nitrogen and oxygen atoms in total. The highest BCUT2D eigenvalue weighted by Gasteiger charge is 2.21. The number of carbonyl (C=O) groups excluding carboxylic acids is 1. The Hall–Kier alpha value is -2.02. The van der Waals surface area contributed by atoms with Crippen LogP contribution in [0.5, 0.6) is 11.5 Å². The minimum absolute atomic E-state index is 0.0270. The van der Waals surface area contributed by atoms with Crippen molar-refractivity contribution in [2.75, 3.05) is 14.2 Å². The van der Waals surface area contributed by atoms with Crippen molar-refractivity contribution in [3.63, 3.8) is 0 Å². The topological polar surface area (TPSA) is 59.3 Å². The minimum atomic E-state index is -0.730. The first-order valence-electron chi connectivity index (χ1n) is 7.32. The highest BCUT2D eigenvalue weighted by molar-refractivity contribution is 5.88. The van der Waals surface area contributed by atoms with Gasteiger partial charge in [0.15, 0.2) is 17.3 Å². The van der Waals surface area contributed by atoms with E-state index < -0.39 is 5.92 Å². The van der Waals surface area contributed by atoms with Crippen LogP contribution in [-0.4, -0.2) is 20.0 Å². The molecule has 4 heteroatoms. The van der Waals surface area contributed by atoms with Crippen molar-refractivity contribution in [3.05, 3.63) is 23.8 Å². The van der Waals surface area contributed by atoms with Crippen molar-refractivity contribution < 1.29 is 14.3 Å². The average Bonchev–Trinajstić information content (AvgIpc) is 2.52. The van der Waals surface area contributed by atoms with Gasteiger partial charge in [-0.2, -0.15) is 5.26 Å². The second-order valence-corrected chi connectivity index (χ2v) is 4.95. The average molecular weight is 289 g/mol. The molecule has 21 heavy (non-hydrogen) atoms. The number of nitrogens with zero attached hydrogens (tertiary/aromatic N) is 1. The van der Waals surface area contributed by atoms with Crippen LogP contribution in [0.3, 0.4) is 0 Å². The van der Waals surface area contributed by atoms with E-state index in [0.29, 0.717) is 23.5 Å². The van der Waals surface area contributed by atoms with Crippen molar-refractivity contribution in [2.45, 2.75) is 44.9 Å². The Balaban J connectivity index is 2.80. The van der Waals surface area contributed by atoms with Crippen molar-refractivity contribution in [1.82, 2.24) is 0 Å². The molecule has 0 saturated carbocycles. The zero-order chi connectivity index (χ0) is 15.7. The Labute approximate surface area is 126 Å². The number of ether oxygens (including phenoxy) is 2. The van der Waals surface area contributed by atoms with Crippen molar-refractivity contribution in [1.29, 1.82) is 5.26 Å². The lowest BCUT2D eigenvalue weighted by molar-refractivity contribution is -0.119. The molecule has 0 fully saturated rings. The van der Waals surface area contributed by atoms with Gasteiger partial charge in [-0.25, -0.2) is 0 Å². The third kappa shape index (κ3) is 4.78. The maximum atomic E-state index is 12.2. The van der Waals surface area contributed by atoms with E-state index in [1.807, 2.05) is 0 Å². The number of hydrogen-bond donors (Lipinski definition) is 0. The molecule has 0 radical (unpaired) electrons. The molecule has 0 spiro atoms. The standard InChI is InChI=1S/C17H23NO3/c1-4-5-6-7-8-15(19)14(12-18)13-9-10-16(20-2)17(11-13)21-3/h9-11,14H,4-8H2,1-3H3. The first-order valence-corrected chi connectivity index (χ1v) is 7.32. The molecule has 0 aromatic heterocycles. The molecule has 1 rings (SSSR count). The van der Waals surface area contributed by atoms with E-state index in [-0.39, 0.29) is 5.78 Å². The largest absolute Gasteiger partial charge is 0.493 e. The molecule has 1 aromatic rings. The first kappa shape index (κ1) is 17.0. The minimum Gasteiger partial charge on any atom is -0.493 e. The summed E-state index contributed by atoms with van der Waals surface area (Å²) >= 11 is 0. The molecule has 0 aliphatic heterocycles. The van der Waals surface area contributed by atoms with Crippen LogP contribution in [0.25, 0.3) is 0 Å². The Bertz CT molecular complexity index is 505. The van der Waals surface area contributed by atoms with E-state index in [4.69, 9.17) is 9.47 Å². The van der Waals surface area contributed by atoms with Gasteiger partial charge in [-0.3, -0.25) is 4.79 Å². The number of rotatable bonds is 9. The SMILES string of the molecule is CCCCCCC(=O)C(C#N)c1ccc(OC)c(OC)c1. The van der Waals surface area contributed by atoms with Crippen molar-refractivity contribution in [3.8, 4) is 17.6 Å². The van der Waals surface area contributed by atoms with Crippen LogP contribution in [0.2, 0.25) is 0 Å². The van der Waals surface area contributed by atoms with E-state index in [2.05, 4.69) is 13.0 Å². The van der Waals surface area contributed by atoms with Crippen LogP contribution in [0, 0.1) is 11.3 Å². The predicted molar refractivity (Wildman–Crippen MR) is 81.7 cm³/mol. The normalized spacial score (nSPS) is 11.5. The molecule has 0 bridgehead atoms. The molecule has 0 saturated heterocycles. The summed E-state index contributed by atoms with van der Waals surface area (Å²) in [4.78, 5) is 12.2. The third-order valence-corrected chi connectivity index (χ3v) is 3.47. The van der Waals surface area contributed by atoms with Gasteiger partial charge in [0.05, 0.1) is 20.3 Å². The maximum absolute atomic E-state index is 12.2. The monoisotopic (exact) mass is 289 g/mol. The lowest BCUT2D eigenvalue weighted by Crippen LogP contribution is -2.11. The maximum Gasteiger partial charge on any atom is 0.161 e. The summed E-state index contributed by atoms with van der Waals surface area (Å²) in [5.74, 6) is 0.370. The van der Waals surface area contributed by atoms with Gasteiger partial charge in [-0.15, -0.1) is 0 Å². The molecule has 0 N–H and O–H groups in total. The summed E-state index contributed by atoms with van der Waals surface area (Å²) in [6.45, 7) is 2.13. The fraction of sp³-hybridized carbons (Fsp3) is 0.529. The quantitative estimate of drug-likeness (QED) is 0.648. The molecule has 0 amide bonds. The number of hydrogen-bond acceptors (Lipinski definition) is 4. The second kappa shape index (κ2) is 9.02. The number of Topliss-reactive ketones (excluding diaryl/α,β-unsaturated/α-hetero) is 1. The van der Waals surface area contributed by atoms with Crippen LogP contribution in [-0.2, 0) is 4.79 Å². The Morgan fingerprint density at radius 3 is 2.48 bits per heavy atom. The van der Waals surface area contributed by atoms with E-state index in [1.54, 1.807) is 25.3 Å². The van der Waals surface area contributed by atoms with Crippen LogP contribution < -0.4 is 9.47 Å². The number of ketones is 1. The number of carbonyl (C=O) groups is 1. The number of benzene rings is 1. The molecule has 0 aliphatic carbocycles. The zero-order valence-electron chi connectivity index (χ0n) is 13.0. The van der Waals surface area contributed by atoms with E-state index in [0.717, 1.165) is 25.7 Å². The summed E-state index contributed by atoms with van der Waals surface area (Å²) in [5, 5.41) is 9.30. The first-order chi connectivity index (χ1) is 10.2. The van der Waals surface area contributed by atoms with Crippen molar-refractivity contribution >= 4 is 5.78 Å². The highest BCUT2D eigenvalue weighted by Crippen LogP contribution is 2.31. The number of unbranched alkanes of at least 4 members (excludes halogenated alkanes) is 3. The fourth-order valence-corrected chi connectivity index (χ4v) is 2.24. The van der Waals surface area contributed by atoms with E-state index in [9.17, 15) is 10.1 Å². The van der Waals surface area contributed by atoms with Gasteiger partial charge >= 0.3 is 0 Å². The van der Waals surface area contributed by atoms with Crippen LogP contribution >= 0.6 is 0 Å². The zero-order valence-corrected chi connectivity index (χ0v) is 13.0.